The zero-order valence-corrected chi connectivity index (χ0v) is 13.9. The Morgan fingerprint density at radius 2 is 1.95 bits per heavy atom. The Morgan fingerprint density at radius 1 is 1.33 bits per heavy atom. The quantitative estimate of drug-likeness (QED) is 0.774. The van der Waals surface area contributed by atoms with Gasteiger partial charge in [-0.1, -0.05) is 44.5 Å². The summed E-state index contributed by atoms with van der Waals surface area (Å²) >= 11 is 5.83. The maximum absolute atomic E-state index is 12.0. The number of carbonyl (C=O) groups is 1. The molecule has 1 aromatic carbocycles. The Kier molecular flexibility index (Phi) is 7.15. The number of rotatable bonds is 8. The number of hydrogen-bond acceptors (Lipinski definition) is 3. The van der Waals surface area contributed by atoms with Crippen LogP contribution in [0.25, 0.3) is 0 Å². The molecule has 1 amide bonds. The first-order valence-electron chi connectivity index (χ1n) is 7.30. The topological polar surface area (TPSA) is 58.4 Å². The highest BCUT2D eigenvalue weighted by Crippen LogP contribution is 2.14. The second-order valence-corrected chi connectivity index (χ2v) is 6.51. The lowest BCUT2D eigenvalue weighted by Gasteiger charge is -2.30. The average molecular weight is 312 g/mol. The van der Waals surface area contributed by atoms with Crippen LogP contribution in [0, 0.1) is 5.41 Å². The van der Waals surface area contributed by atoms with E-state index in [1.165, 1.54) is 0 Å². The fourth-order valence-corrected chi connectivity index (χ4v) is 2.14. The first-order chi connectivity index (χ1) is 9.86. The maximum Gasteiger partial charge on any atom is 0.234 e. The van der Waals surface area contributed by atoms with Gasteiger partial charge in [0.1, 0.15) is 0 Å². The van der Waals surface area contributed by atoms with Gasteiger partial charge in [-0.25, -0.2) is 0 Å². The molecule has 0 radical (unpaired) electrons. The molecule has 0 aliphatic carbocycles. The van der Waals surface area contributed by atoms with Crippen LogP contribution in [0.5, 0.6) is 0 Å². The molecule has 0 fully saturated rings. The lowest BCUT2D eigenvalue weighted by Crippen LogP contribution is -2.43. The number of nitrogens with one attached hydrogen (secondary N) is 1. The Bertz CT molecular complexity index is 445. The van der Waals surface area contributed by atoms with Crippen molar-refractivity contribution in [2.45, 2.75) is 27.3 Å². The predicted octanol–water partition coefficient (Wildman–Crippen LogP) is 2.26. The summed E-state index contributed by atoms with van der Waals surface area (Å²) in [6.45, 7) is 9.45. The highest BCUT2D eigenvalue weighted by Gasteiger charge is 2.20. The molecule has 1 aromatic rings. The van der Waals surface area contributed by atoms with Crippen LogP contribution in [-0.2, 0) is 11.3 Å². The minimum Gasteiger partial charge on any atom is -0.351 e. The van der Waals surface area contributed by atoms with E-state index >= 15 is 0 Å². The molecule has 0 bridgehead atoms. The maximum atomic E-state index is 12.0. The Morgan fingerprint density at radius 3 is 2.48 bits per heavy atom. The molecule has 0 spiro atoms. The number of carbonyl (C=O) groups excluding carboxylic acids is 1. The molecule has 0 atom stereocenters. The van der Waals surface area contributed by atoms with Crippen LogP contribution in [0.15, 0.2) is 24.3 Å². The Balaban J connectivity index is 2.42. The lowest BCUT2D eigenvalue weighted by atomic mass is 9.93. The van der Waals surface area contributed by atoms with Gasteiger partial charge in [0.25, 0.3) is 0 Å². The molecular weight excluding hydrogens is 286 g/mol. The summed E-state index contributed by atoms with van der Waals surface area (Å²) in [7, 11) is 0. The number of halogens is 1. The van der Waals surface area contributed by atoms with Crippen LogP contribution < -0.4 is 11.1 Å². The molecule has 0 aromatic heterocycles. The summed E-state index contributed by atoms with van der Waals surface area (Å²) in [6.07, 6.45) is 0. The third-order valence-corrected chi connectivity index (χ3v) is 3.67. The minimum absolute atomic E-state index is 0.0203. The van der Waals surface area contributed by atoms with Gasteiger partial charge in [-0.05, 0) is 36.2 Å². The summed E-state index contributed by atoms with van der Waals surface area (Å²) in [6, 6.07) is 7.48. The normalized spacial score (nSPS) is 11.7. The molecule has 1 rings (SSSR count). The molecule has 0 unspecified atom stereocenters. The zero-order valence-electron chi connectivity index (χ0n) is 13.2. The molecule has 0 saturated carbocycles. The standard InChI is InChI=1S/C16H26ClN3O/c1-4-20(12-16(2,3)11-18)10-15(21)19-9-13-5-7-14(17)8-6-13/h5-8H,4,9-12,18H2,1-3H3,(H,19,21). The van der Waals surface area contributed by atoms with E-state index in [9.17, 15) is 4.79 Å². The number of likely N-dealkylation sites (N-methyl/N-ethyl adjacent to an activating group) is 1. The van der Waals surface area contributed by atoms with Crippen LogP contribution in [0.1, 0.15) is 26.3 Å². The van der Waals surface area contributed by atoms with Gasteiger partial charge in [-0.15, -0.1) is 0 Å². The second kappa shape index (κ2) is 8.37. The van der Waals surface area contributed by atoms with E-state index < -0.39 is 0 Å². The van der Waals surface area contributed by atoms with Crippen molar-refractivity contribution >= 4 is 17.5 Å². The number of nitrogens with zero attached hydrogens (tertiary/aromatic N) is 1. The smallest absolute Gasteiger partial charge is 0.234 e. The fourth-order valence-electron chi connectivity index (χ4n) is 2.01. The van der Waals surface area contributed by atoms with Crippen molar-refractivity contribution in [1.82, 2.24) is 10.2 Å². The Labute approximate surface area is 132 Å². The molecule has 118 valence electrons. The third kappa shape index (κ3) is 6.93. The van der Waals surface area contributed by atoms with Gasteiger partial charge in [0.15, 0.2) is 0 Å². The van der Waals surface area contributed by atoms with E-state index in [0.717, 1.165) is 18.7 Å². The SMILES string of the molecule is CCN(CC(=O)NCc1ccc(Cl)cc1)CC(C)(C)CN. The molecule has 0 heterocycles. The van der Waals surface area contributed by atoms with Gasteiger partial charge in [0.05, 0.1) is 6.54 Å². The highest BCUT2D eigenvalue weighted by atomic mass is 35.5. The molecule has 0 aliphatic heterocycles. The van der Waals surface area contributed by atoms with Crippen molar-refractivity contribution in [3.8, 4) is 0 Å². The van der Waals surface area contributed by atoms with Crippen molar-refractivity contribution in [1.29, 1.82) is 0 Å². The van der Waals surface area contributed by atoms with Gasteiger partial charge in [-0.3, -0.25) is 9.69 Å². The minimum atomic E-state index is 0.0203. The molecule has 0 saturated heterocycles. The summed E-state index contributed by atoms with van der Waals surface area (Å²) in [4.78, 5) is 14.1. The van der Waals surface area contributed by atoms with E-state index in [4.69, 9.17) is 17.3 Å². The number of amides is 1. The largest absolute Gasteiger partial charge is 0.351 e. The summed E-state index contributed by atoms with van der Waals surface area (Å²) in [5, 5.41) is 3.63. The summed E-state index contributed by atoms with van der Waals surface area (Å²) in [5.74, 6) is 0.0274. The highest BCUT2D eigenvalue weighted by molar-refractivity contribution is 6.30. The molecule has 5 heteroatoms. The first kappa shape index (κ1) is 18.0. The third-order valence-electron chi connectivity index (χ3n) is 3.42. The van der Waals surface area contributed by atoms with Crippen molar-refractivity contribution in [3.63, 3.8) is 0 Å². The van der Waals surface area contributed by atoms with E-state index in [2.05, 4.69) is 31.0 Å². The van der Waals surface area contributed by atoms with Crippen LogP contribution in [-0.4, -0.2) is 37.0 Å². The van der Waals surface area contributed by atoms with E-state index in [-0.39, 0.29) is 11.3 Å². The Hall–Kier alpha value is -1.10. The molecule has 0 aliphatic rings. The molecule has 3 N–H and O–H groups in total. The van der Waals surface area contributed by atoms with E-state index in [1.54, 1.807) is 0 Å². The van der Waals surface area contributed by atoms with Crippen LogP contribution in [0.3, 0.4) is 0 Å². The monoisotopic (exact) mass is 311 g/mol. The van der Waals surface area contributed by atoms with Crippen LogP contribution >= 0.6 is 11.6 Å². The molecular formula is C16H26ClN3O. The molecule has 4 nitrogen and oxygen atoms in total. The van der Waals surface area contributed by atoms with E-state index in [1.807, 2.05) is 24.3 Å². The molecule has 21 heavy (non-hydrogen) atoms. The number of nitrogens with two attached hydrogens (primary N) is 1. The van der Waals surface area contributed by atoms with E-state index in [0.29, 0.717) is 24.7 Å². The van der Waals surface area contributed by atoms with Crippen molar-refractivity contribution in [2.24, 2.45) is 11.1 Å². The predicted molar refractivity (Wildman–Crippen MR) is 88.2 cm³/mol. The fraction of sp³-hybridized carbons (Fsp3) is 0.562. The lowest BCUT2D eigenvalue weighted by molar-refractivity contribution is -0.122. The van der Waals surface area contributed by atoms with Crippen molar-refractivity contribution in [3.05, 3.63) is 34.9 Å². The number of benzene rings is 1. The second-order valence-electron chi connectivity index (χ2n) is 6.07. The van der Waals surface area contributed by atoms with Gasteiger partial charge >= 0.3 is 0 Å². The summed E-state index contributed by atoms with van der Waals surface area (Å²) < 4.78 is 0. The van der Waals surface area contributed by atoms with Gasteiger partial charge < -0.3 is 11.1 Å². The van der Waals surface area contributed by atoms with Crippen molar-refractivity contribution in [2.75, 3.05) is 26.2 Å². The van der Waals surface area contributed by atoms with Gasteiger partial charge in [0.2, 0.25) is 5.91 Å². The summed E-state index contributed by atoms with van der Waals surface area (Å²) in [5.41, 5.74) is 6.81. The first-order valence-corrected chi connectivity index (χ1v) is 7.67. The average Bonchev–Trinajstić information content (AvgIpc) is 2.45. The van der Waals surface area contributed by atoms with Crippen LogP contribution in [0.4, 0.5) is 0 Å². The van der Waals surface area contributed by atoms with Gasteiger partial charge in [0, 0.05) is 18.1 Å². The number of hydrogen-bond donors (Lipinski definition) is 2. The van der Waals surface area contributed by atoms with Gasteiger partial charge in [-0.2, -0.15) is 0 Å². The zero-order chi connectivity index (χ0) is 15.9. The van der Waals surface area contributed by atoms with Crippen LogP contribution in [0.2, 0.25) is 5.02 Å². The van der Waals surface area contributed by atoms with Crippen molar-refractivity contribution < 1.29 is 4.79 Å².